The van der Waals surface area contributed by atoms with E-state index in [0.29, 0.717) is 52.7 Å². The van der Waals surface area contributed by atoms with E-state index in [-0.39, 0.29) is 23.6 Å². The fourth-order valence-corrected chi connectivity index (χ4v) is 4.28. The first-order valence-electron chi connectivity index (χ1n) is 14.7. The van der Waals surface area contributed by atoms with E-state index in [0.717, 1.165) is 24.7 Å². The number of ether oxygens (including phenoxy) is 2. The fraction of sp³-hybridized carbons (Fsp3) is 0.394. The van der Waals surface area contributed by atoms with Crippen molar-refractivity contribution in [3.8, 4) is 22.8 Å². The maximum Gasteiger partial charge on any atom is 0.251 e. The summed E-state index contributed by atoms with van der Waals surface area (Å²) < 4.78 is 25.1. The lowest BCUT2D eigenvalue weighted by atomic mass is 9.91. The van der Waals surface area contributed by atoms with E-state index in [4.69, 9.17) is 31.8 Å². The van der Waals surface area contributed by atoms with E-state index >= 15 is 0 Å². The predicted octanol–water partition coefficient (Wildman–Crippen LogP) is 7.38. The summed E-state index contributed by atoms with van der Waals surface area (Å²) in [7, 11) is 1.53. The molecule has 45 heavy (non-hydrogen) atoms. The van der Waals surface area contributed by atoms with Crippen LogP contribution in [-0.2, 0) is 5.54 Å². The monoisotopic (exact) mass is 678 g/mol. The minimum absolute atomic E-state index is 0.00526. The number of nitrogens with two attached hydrogens (primary N) is 1. The van der Waals surface area contributed by atoms with E-state index in [9.17, 15) is 14.3 Å². The highest BCUT2D eigenvalue weighted by Crippen LogP contribution is 2.34. The molecule has 3 aromatic rings. The van der Waals surface area contributed by atoms with Crippen molar-refractivity contribution in [1.82, 2.24) is 15.6 Å². The molecule has 0 saturated heterocycles. The summed E-state index contributed by atoms with van der Waals surface area (Å²) in [5, 5.41) is 16.4. The van der Waals surface area contributed by atoms with Crippen molar-refractivity contribution >= 4 is 46.4 Å². The first kappa shape index (κ1) is 38.2. The summed E-state index contributed by atoms with van der Waals surface area (Å²) in [6.45, 7) is 9.27. The Morgan fingerprint density at radius 3 is 2.42 bits per heavy atom. The number of aliphatic hydroxyl groups excluding tert-OH is 1. The SMILES string of the molecule is CCC.COc1cc(C(=O)NC/C(=C/O)c2cc(C(C)(C)NCCN)cc(-c3ccc(F)c(Cl)c3)n2)ccc1OC1CC1.SS. The predicted molar refractivity (Wildman–Crippen MR) is 188 cm³/mol. The minimum atomic E-state index is -0.533. The second-order valence-corrected chi connectivity index (χ2v) is 11.2. The maximum absolute atomic E-state index is 13.9. The third kappa shape index (κ3) is 11.4. The molecule has 1 aliphatic carbocycles. The molecule has 0 atom stereocenters. The number of amides is 1. The number of aliphatic hydroxyl groups is 1. The molecule has 1 fully saturated rings. The molecule has 5 N–H and O–H groups in total. The molecule has 0 spiro atoms. The van der Waals surface area contributed by atoms with E-state index in [1.165, 1.54) is 25.7 Å². The molecule has 246 valence electrons. The molecule has 0 unspecified atom stereocenters. The summed E-state index contributed by atoms with van der Waals surface area (Å²) >= 11 is 12.5. The number of rotatable bonds is 12. The van der Waals surface area contributed by atoms with Crippen molar-refractivity contribution in [3.05, 3.63) is 82.5 Å². The van der Waals surface area contributed by atoms with Gasteiger partial charge < -0.3 is 30.9 Å². The number of aromatic nitrogens is 1. The lowest BCUT2D eigenvalue weighted by molar-refractivity contribution is 0.0958. The van der Waals surface area contributed by atoms with Gasteiger partial charge in [-0.3, -0.25) is 4.79 Å². The molecule has 1 aliphatic rings. The molecule has 0 bridgehead atoms. The molecule has 2 aromatic carbocycles. The van der Waals surface area contributed by atoms with Crippen molar-refractivity contribution in [3.63, 3.8) is 0 Å². The highest BCUT2D eigenvalue weighted by atomic mass is 35.5. The van der Waals surface area contributed by atoms with Crippen LogP contribution in [0.1, 0.15) is 68.6 Å². The van der Waals surface area contributed by atoms with Gasteiger partial charge in [0.15, 0.2) is 11.5 Å². The first-order valence-corrected chi connectivity index (χ1v) is 16.6. The first-order chi connectivity index (χ1) is 21.6. The summed E-state index contributed by atoms with van der Waals surface area (Å²) in [6.07, 6.45) is 4.38. The van der Waals surface area contributed by atoms with Crippen molar-refractivity contribution in [2.75, 3.05) is 26.7 Å². The van der Waals surface area contributed by atoms with Gasteiger partial charge >= 0.3 is 0 Å². The third-order valence-electron chi connectivity index (χ3n) is 6.64. The van der Waals surface area contributed by atoms with E-state index in [1.54, 1.807) is 24.3 Å². The second kappa shape index (κ2) is 18.9. The molecular weight excluding hydrogens is 635 g/mol. The van der Waals surface area contributed by atoms with Crippen LogP contribution in [0.4, 0.5) is 4.39 Å². The van der Waals surface area contributed by atoms with Gasteiger partial charge in [-0.1, -0.05) is 31.9 Å². The number of carbonyl (C=O) groups excluding carboxylic acids is 1. The van der Waals surface area contributed by atoms with Gasteiger partial charge in [-0.2, -0.15) is 0 Å². The highest BCUT2D eigenvalue weighted by molar-refractivity contribution is 8.59. The molecule has 1 heterocycles. The Morgan fingerprint density at radius 2 is 1.84 bits per heavy atom. The van der Waals surface area contributed by atoms with Gasteiger partial charge in [0.05, 0.1) is 35.9 Å². The van der Waals surface area contributed by atoms with Crippen LogP contribution in [-0.4, -0.2) is 48.8 Å². The zero-order chi connectivity index (χ0) is 33.6. The number of thiol groups is 2. The van der Waals surface area contributed by atoms with Gasteiger partial charge in [0.2, 0.25) is 0 Å². The Labute approximate surface area is 281 Å². The van der Waals surface area contributed by atoms with Crippen molar-refractivity contribution in [1.29, 1.82) is 0 Å². The molecule has 4 rings (SSSR count). The van der Waals surface area contributed by atoms with Crippen LogP contribution >= 0.6 is 34.9 Å². The zero-order valence-electron chi connectivity index (χ0n) is 26.4. The summed E-state index contributed by atoms with van der Waals surface area (Å²) in [5.41, 5.74) is 8.37. The Balaban J connectivity index is 0.00000133. The van der Waals surface area contributed by atoms with E-state index < -0.39 is 11.4 Å². The molecular formula is C33H44ClFN4O4S2. The maximum atomic E-state index is 13.9. The second-order valence-electron chi connectivity index (χ2n) is 10.8. The quantitative estimate of drug-likeness (QED) is 0.0672. The molecule has 1 amide bonds. The average molecular weight is 679 g/mol. The number of methoxy groups -OCH3 is 1. The highest BCUT2D eigenvalue weighted by Gasteiger charge is 2.26. The number of pyridine rings is 1. The summed E-state index contributed by atoms with van der Waals surface area (Å²) in [4.78, 5) is 17.7. The van der Waals surface area contributed by atoms with E-state index in [2.05, 4.69) is 47.8 Å². The molecule has 1 saturated carbocycles. The molecule has 12 heteroatoms. The Hall–Kier alpha value is -2.96. The van der Waals surface area contributed by atoms with Crippen LogP contribution in [0.15, 0.2) is 54.8 Å². The van der Waals surface area contributed by atoms with Gasteiger partial charge in [0, 0.05) is 41.9 Å². The standard InChI is InChI=1S/C30H34ClFN4O4.C3H8.H2S2/c1-30(2,35-11-10-33)21-14-25(18-4-8-24(32)23(31)12-18)36-26(15-21)20(17-37)16-34-29(38)19-5-9-27(28(13-19)39-3)40-22-6-7-22;1-3-2;1-2/h4-5,8-9,12-15,17,22,35,37H,6-7,10-11,16,33H2,1-3H3,(H,34,38);3H2,1-2H3;1-2H/b20-17-;;. The Morgan fingerprint density at radius 1 is 1.16 bits per heavy atom. The van der Waals surface area contributed by atoms with Crippen molar-refractivity contribution in [2.24, 2.45) is 5.73 Å². The zero-order valence-corrected chi connectivity index (χ0v) is 28.9. The normalized spacial score (nSPS) is 12.7. The number of nitrogens with one attached hydrogen (secondary N) is 2. The van der Waals surface area contributed by atoms with Gasteiger partial charge in [-0.25, -0.2) is 9.37 Å². The number of hydrogen-bond acceptors (Lipinski definition) is 9. The number of benzene rings is 2. The van der Waals surface area contributed by atoms with Crippen LogP contribution < -0.4 is 25.8 Å². The molecule has 0 radical (unpaired) electrons. The topological polar surface area (TPSA) is 119 Å². The van der Waals surface area contributed by atoms with Gasteiger partial charge in [-0.15, -0.1) is 23.3 Å². The Kier molecular flexibility index (Phi) is 16.0. The van der Waals surface area contributed by atoms with Crippen LogP contribution in [0, 0.1) is 5.82 Å². The number of nitrogens with zero attached hydrogens (tertiary/aromatic N) is 1. The largest absolute Gasteiger partial charge is 0.515 e. The van der Waals surface area contributed by atoms with Gasteiger partial charge in [-0.05, 0) is 80.8 Å². The fourth-order valence-electron chi connectivity index (χ4n) is 4.10. The molecule has 1 aromatic heterocycles. The minimum Gasteiger partial charge on any atom is -0.515 e. The number of halogens is 2. The van der Waals surface area contributed by atoms with Crippen LogP contribution in [0.2, 0.25) is 5.02 Å². The summed E-state index contributed by atoms with van der Waals surface area (Å²) in [6, 6.07) is 13.1. The third-order valence-corrected chi connectivity index (χ3v) is 6.93. The van der Waals surface area contributed by atoms with Crippen LogP contribution in [0.3, 0.4) is 0 Å². The number of carbonyl (C=O) groups is 1. The lowest BCUT2D eigenvalue weighted by Crippen LogP contribution is -2.39. The van der Waals surface area contributed by atoms with E-state index in [1.807, 2.05) is 26.0 Å². The molecule has 0 aliphatic heterocycles. The number of hydrogen-bond donors (Lipinski definition) is 6. The smallest absolute Gasteiger partial charge is 0.251 e. The van der Waals surface area contributed by atoms with Crippen molar-refractivity contribution in [2.45, 2.75) is 58.6 Å². The van der Waals surface area contributed by atoms with Crippen molar-refractivity contribution < 1.29 is 23.8 Å². The average Bonchev–Trinajstić information content (AvgIpc) is 3.87. The Bertz CT molecular complexity index is 1440. The lowest BCUT2D eigenvalue weighted by Gasteiger charge is -2.28. The van der Waals surface area contributed by atoms with Crippen LogP contribution in [0.5, 0.6) is 11.5 Å². The van der Waals surface area contributed by atoms with Crippen LogP contribution in [0.25, 0.3) is 16.8 Å². The van der Waals surface area contributed by atoms with Gasteiger partial charge in [0.1, 0.15) is 5.82 Å². The van der Waals surface area contributed by atoms with Gasteiger partial charge in [0.25, 0.3) is 5.91 Å². The molecule has 8 nitrogen and oxygen atoms in total. The summed E-state index contributed by atoms with van der Waals surface area (Å²) in [5.74, 6) is 0.177.